The number of aromatic nitrogens is 1. The molecule has 2 heterocycles. The average Bonchev–Trinajstić information content (AvgIpc) is 2.84. The predicted octanol–water partition coefficient (Wildman–Crippen LogP) is 2.76. The minimum atomic E-state index is -0.961. The number of nitrogens with one attached hydrogen (secondary N) is 1. The van der Waals surface area contributed by atoms with E-state index in [0.29, 0.717) is 48.7 Å². The number of nitriles is 1. The molecule has 0 radical (unpaired) electrons. The molecular formula is C23H26N4O5. The Balaban J connectivity index is 1.52. The summed E-state index contributed by atoms with van der Waals surface area (Å²) >= 11 is 0. The Labute approximate surface area is 186 Å². The Hall–Kier alpha value is -3.80. The molecule has 1 fully saturated rings. The van der Waals surface area contributed by atoms with Gasteiger partial charge in [-0.2, -0.15) is 5.26 Å². The third kappa shape index (κ3) is 5.46. The van der Waals surface area contributed by atoms with Gasteiger partial charge in [0.25, 0.3) is 5.91 Å². The van der Waals surface area contributed by atoms with E-state index in [0.717, 1.165) is 5.82 Å². The van der Waals surface area contributed by atoms with Crippen molar-refractivity contribution in [3.63, 3.8) is 0 Å². The first kappa shape index (κ1) is 22.9. The molecule has 1 unspecified atom stereocenters. The van der Waals surface area contributed by atoms with Crippen LogP contribution >= 0.6 is 0 Å². The number of hydrogen-bond donors (Lipinski definition) is 1. The first-order valence-electron chi connectivity index (χ1n) is 10.3. The van der Waals surface area contributed by atoms with Crippen LogP contribution in [0, 0.1) is 17.2 Å². The molecular weight excluding hydrogens is 412 g/mol. The number of nitrogens with zero attached hydrogens (tertiary/aromatic N) is 3. The van der Waals surface area contributed by atoms with Gasteiger partial charge in [-0.15, -0.1) is 0 Å². The first-order chi connectivity index (χ1) is 15.4. The largest absolute Gasteiger partial charge is 0.497 e. The van der Waals surface area contributed by atoms with Gasteiger partial charge in [0, 0.05) is 25.4 Å². The quantitative estimate of drug-likeness (QED) is 0.657. The number of ether oxygens (including phenoxy) is 3. The summed E-state index contributed by atoms with van der Waals surface area (Å²) in [5.74, 6) is 0.680. The van der Waals surface area contributed by atoms with Crippen molar-refractivity contribution < 1.29 is 23.8 Å². The number of piperidine rings is 1. The first-order valence-corrected chi connectivity index (χ1v) is 10.3. The number of benzene rings is 1. The molecule has 1 saturated heterocycles. The fraction of sp³-hybridized carbons (Fsp3) is 0.391. The van der Waals surface area contributed by atoms with Crippen LogP contribution in [0.1, 0.15) is 25.3 Å². The lowest BCUT2D eigenvalue weighted by atomic mass is 9.97. The van der Waals surface area contributed by atoms with Crippen LogP contribution in [0.15, 0.2) is 36.5 Å². The van der Waals surface area contributed by atoms with Crippen molar-refractivity contribution in [2.24, 2.45) is 5.92 Å². The standard InChI is InChI=1S/C23H26N4O5/c1-15(22(28)26-19-12-18(30-2)5-6-20(19)31-3)32-23(29)17-8-10-27(11-9-17)21-7-4-16(13-24)14-25-21/h4-7,12,14-15,17H,8-11H2,1-3H3,(H,26,28). The topological polar surface area (TPSA) is 114 Å². The summed E-state index contributed by atoms with van der Waals surface area (Å²) in [6.07, 6.45) is 1.77. The lowest BCUT2D eigenvalue weighted by molar-refractivity contribution is -0.157. The Morgan fingerprint density at radius 1 is 1.19 bits per heavy atom. The second kappa shape index (κ2) is 10.5. The number of amides is 1. The highest BCUT2D eigenvalue weighted by atomic mass is 16.5. The second-order valence-electron chi connectivity index (χ2n) is 7.41. The van der Waals surface area contributed by atoms with Crippen LogP contribution < -0.4 is 19.7 Å². The molecule has 1 aromatic heterocycles. The zero-order valence-corrected chi connectivity index (χ0v) is 18.3. The third-order valence-corrected chi connectivity index (χ3v) is 5.36. The van der Waals surface area contributed by atoms with Crippen molar-refractivity contribution in [1.29, 1.82) is 5.26 Å². The summed E-state index contributed by atoms with van der Waals surface area (Å²) in [6, 6.07) is 10.6. The van der Waals surface area contributed by atoms with E-state index in [9.17, 15) is 9.59 Å². The summed E-state index contributed by atoms with van der Waals surface area (Å²) in [5, 5.41) is 11.6. The minimum Gasteiger partial charge on any atom is -0.497 e. The molecule has 9 nitrogen and oxygen atoms in total. The minimum absolute atomic E-state index is 0.286. The molecule has 32 heavy (non-hydrogen) atoms. The normalized spacial score (nSPS) is 14.8. The van der Waals surface area contributed by atoms with Gasteiger partial charge in [-0.05, 0) is 44.0 Å². The number of hydrogen-bond acceptors (Lipinski definition) is 8. The number of esters is 1. The van der Waals surface area contributed by atoms with Crippen LogP contribution in [0.5, 0.6) is 11.5 Å². The molecule has 0 aliphatic carbocycles. The number of anilines is 2. The summed E-state index contributed by atoms with van der Waals surface area (Å²) in [7, 11) is 3.03. The van der Waals surface area contributed by atoms with Crippen LogP contribution in [-0.2, 0) is 14.3 Å². The van der Waals surface area contributed by atoms with Crippen LogP contribution in [0.25, 0.3) is 0 Å². The zero-order valence-electron chi connectivity index (χ0n) is 18.3. The summed E-state index contributed by atoms with van der Waals surface area (Å²) in [4.78, 5) is 31.5. The molecule has 1 amide bonds. The molecule has 0 spiro atoms. The lowest BCUT2D eigenvalue weighted by Gasteiger charge is -2.32. The molecule has 1 aromatic carbocycles. The Morgan fingerprint density at radius 2 is 1.94 bits per heavy atom. The zero-order chi connectivity index (χ0) is 23.1. The van der Waals surface area contributed by atoms with Crippen LogP contribution in [0.4, 0.5) is 11.5 Å². The maximum Gasteiger partial charge on any atom is 0.309 e. The summed E-state index contributed by atoms with van der Waals surface area (Å²) in [6.45, 7) is 2.82. The predicted molar refractivity (Wildman–Crippen MR) is 118 cm³/mol. The van der Waals surface area contributed by atoms with Gasteiger partial charge in [0.05, 0.1) is 31.4 Å². The van der Waals surface area contributed by atoms with Crippen molar-refractivity contribution >= 4 is 23.4 Å². The summed E-state index contributed by atoms with van der Waals surface area (Å²) < 4.78 is 15.9. The molecule has 3 rings (SSSR count). The number of rotatable bonds is 7. The number of carbonyl (C=O) groups excluding carboxylic acids is 2. The highest BCUT2D eigenvalue weighted by Crippen LogP contribution is 2.29. The highest BCUT2D eigenvalue weighted by Gasteiger charge is 2.29. The van der Waals surface area contributed by atoms with E-state index in [1.54, 1.807) is 30.3 Å². The fourth-order valence-electron chi connectivity index (χ4n) is 3.45. The van der Waals surface area contributed by atoms with E-state index in [-0.39, 0.29) is 5.92 Å². The Bertz CT molecular complexity index is 994. The van der Waals surface area contributed by atoms with E-state index in [4.69, 9.17) is 19.5 Å². The van der Waals surface area contributed by atoms with Gasteiger partial charge in [0.2, 0.25) is 0 Å². The van der Waals surface area contributed by atoms with Gasteiger partial charge in [0.1, 0.15) is 23.4 Å². The number of methoxy groups -OCH3 is 2. The maximum absolute atomic E-state index is 12.6. The number of carbonyl (C=O) groups is 2. The third-order valence-electron chi connectivity index (χ3n) is 5.36. The van der Waals surface area contributed by atoms with Crippen molar-refractivity contribution in [3.05, 3.63) is 42.1 Å². The molecule has 1 aliphatic rings. The van der Waals surface area contributed by atoms with E-state index in [2.05, 4.69) is 15.2 Å². The van der Waals surface area contributed by atoms with E-state index in [1.165, 1.54) is 27.3 Å². The molecule has 1 atom stereocenters. The molecule has 0 saturated carbocycles. The van der Waals surface area contributed by atoms with Crippen molar-refractivity contribution in [2.75, 3.05) is 37.5 Å². The molecule has 2 aromatic rings. The van der Waals surface area contributed by atoms with E-state index in [1.807, 2.05) is 6.07 Å². The molecule has 9 heteroatoms. The highest BCUT2D eigenvalue weighted by molar-refractivity contribution is 5.96. The van der Waals surface area contributed by atoms with Crippen molar-refractivity contribution in [2.45, 2.75) is 25.9 Å². The van der Waals surface area contributed by atoms with Gasteiger partial charge in [-0.25, -0.2) is 4.98 Å². The Morgan fingerprint density at radius 3 is 2.53 bits per heavy atom. The molecule has 0 bridgehead atoms. The second-order valence-corrected chi connectivity index (χ2v) is 7.41. The smallest absolute Gasteiger partial charge is 0.309 e. The summed E-state index contributed by atoms with van der Waals surface area (Å²) in [5.41, 5.74) is 0.939. The average molecular weight is 438 g/mol. The van der Waals surface area contributed by atoms with Gasteiger partial charge < -0.3 is 24.4 Å². The van der Waals surface area contributed by atoms with Crippen molar-refractivity contribution in [1.82, 2.24) is 4.98 Å². The maximum atomic E-state index is 12.6. The molecule has 1 N–H and O–H groups in total. The molecule has 1 aliphatic heterocycles. The van der Waals surface area contributed by atoms with Crippen LogP contribution in [-0.4, -0.2) is 50.3 Å². The van der Waals surface area contributed by atoms with Gasteiger partial charge in [0.15, 0.2) is 6.10 Å². The van der Waals surface area contributed by atoms with Crippen LogP contribution in [0.2, 0.25) is 0 Å². The number of pyridine rings is 1. The van der Waals surface area contributed by atoms with E-state index < -0.39 is 18.0 Å². The van der Waals surface area contributed by atoms with E-state index >= 15 is 0 Å². The lowest BCUT2D eigenvalue weighted by Crippen LogP contribution is -2.39. The van der Waals surface area contributed by atoms with Crippen molar-refractivity contribution in [3.8, 4) is 17.6 Å². The SMILES string of the molecule is COc1ccc(OC)c(NC(=O)C(C)OC(=O)C2CCN(c3ccc(C#N)cn3)CC2)c1. The van der Waals surface area contributed by atoms with Crippen LogP contribution in [0.3, 0.4) is 0 Å². The monoisotopic (exact) mass is 438 g/mol. The Kier molecular flexibility index (Phi) is 7.49. The fourth-order valence-corrected chi connectivity index (χ4v) is 3.45. The van der Waals surface area contributed by atoms with Gasteiger partial charge in [-0.3, -0.25) is 9.59 Å². The molecule has 168 valence electrons. The van der Waals surface area contributed by atoms with Gasteiger partial charge in [-0.1, -0.05) is 0 Å². The van der Waals surface area contributed by atoms with Gasteiger partial charge >= 0.3 is 5.97 Å².